The van der Waals surface area contributed by atoms with E-state index in [1.54, 1.807) is 4.40 Å². The van der Waals surface area contributed by atoms with Crippen LogP contribution in [0.2, 0.25) is 18.1 Å². The van der Waals surface area contributed by atoms with Crippen LogP contribution in [0.5, 0.6) is 17.2 Å². The van der Waals surface area contributed by atoms with Crippen molar-refractivity contribution in [3.8, 4) is 50.6 Å². The minimum Gasteiger partial charge on any atom is -0.665 e. The van der Waals surface area contributed by atoms with Crippen LogP contribution in [-0.2, 0) is 72.4 Å². The molecule has 4 saturated carbocycles. The van der Waals surface area contributed by atoms with Crippen molar-refractivity contribution in [1.29, 1.82) is 0 Å². The SMILES string of the molecule is C.CC(C)(C)[Si](C)(C)Oc1c(Br)cc2c(c1-c1c(O)c(Br)cc3c1CCCC3)CCCC2.CC(C)([CH]=[Mo]=[N]C12CC3CC(CC(C3)C1)C2)c1ccccc1.CC(C)([CH]=[Mo]=[N]c1c(F)c(F)c(F)c(F)c1F)c1ccccc1.Cc1cc(C)c(-c2cccc(-c3c(C)cc(C)cc3C)c2O)c(C)c1.Cc1ccc(C)[n-]1.Cc1ccc(C)[n-]1. The Morgan fingerprint density at radius 1 is 0.466 bits per heavy atom. The van der Waals surface area contributed by atoms with Gasteiger partial charge in [0.25, 0.3) is 8.32 Å². The summed E-state index contributed by atoms with van der Waals surface area (Å²) >= 11 is 5.72. The quantitative estimate of drug-likeness (QED) is 0.0581. The molecule has 2 heterocycles. The molecule has 17 heteroatoms. The van der Waals surface area contributed by atoms with Crippen LogP contribution in [0.4, 0.5) is 27.6 Å². The monoisotopic (exact) mass is 1890 g/mol. The number of rotatable bonds is 11. The second-order valence-corrected chi connectivity index (χ2v) is 44.8. The van der Waals surface area contributed by atoms with Crippen molar-refractivity contribution in [3.05, 3.63) is 267 Å². The molecule has 6 aliphatic rings. The maximum absolute atomic E-state index is 13.5. The number of phenolic OH excluding ortho intramolecular Hbond substituents is 2. The predicted molar refractivity (Wildman–Crippen MR) is 475 cm³/mol. The first-order valence-corrected chi connectivity index (χ1v) is 49.0. The third kappa shape index (κ3) is 22.6. The summed E-state index contributed by atoms with van der Waals surface area (Å²) < 4.78 is 88.5. The van der Waals surface area contributed by atoms with Gasteiger partial charge in [0.1, 0.15) is 17.2 Å². The second kappa shape index (κ2) is 39.6. The van der Waals surface area contributed by atoms with E-state index in [2.05, 4.69) is 206 Å². The molecule has 6 aliphatic carbocycles. The number of nitrogens with zero attached hydrogens (tertiary/aromatic N) is 4. The number of phenols is 2. The van der Waals surface area contributed by atoms with Crippen molar-refractivity contribution < 1.29 is 72.4 Å². The van der Waals surface area contributed by atoms with Gasteiger partial charge in [-0.1, -0.05) is 134 Å². The van der Waals surface area contributed by atoms with E-state index >= 15 is 0 Å². The molecule has 0 unspecified atom stereocenters. The van der Waals surface area contributed by atoms with Crippen LogP contribution >= 0.6 is 31.9 Å². The number of hydrogen-bond donors (Lipinski definition) is 2. The summed E-state index contributed by atoms with van der Waals surface area (Å²) in [6.45, 7) is 40.6. The van der Waals surface area contributed by atoms with Gasteiger partial charge < -0.3 is 24.6 Å². The van der Waals surface area contributed by atoms with Gasteiger partial charge in [0.15, 0.2) is 0 Å². The van der Waals surface area contributed by atoms with Crippen molar-refractivity contribution in [2.24, 2.45) is 24.7 Å². The van der Waals surface area contributed by atoms with E-state index in [1.165, 1.54) is 125 Å². The molecular formula is C99H119Br2F5Mo2N4O3Si-2. The Hall–Kier alpha value is -6.74. The van der Waals surface area contributed by atoms with Crippen molar-refractivity contribution >= 4 is 54.7 Å². The van der Waals surface area contributed by atoms with Crippen molar-refractivity contribution in [3.63, 3.8) is 0 Å². The maximum Gasteiger partial charge on any atom is 0.131 e. The standard InChI is InChI=1S/C26H34Br2O2Si.C24H26O.C10H15N.2C10H12.C6F5N.2C6H8N.CH4.2Mo/c1-26(2,3)31(4,5)30-25-21(28)15-17-11-7-9-13-19(17)23(25)22-18-12-8-6-10-16(18)14-20(27)24(22)29;1-14-10-16(3)22(17(4)11-14)20-8-7-9-21(24(20)25)23-18(5)12-15(2)13-19(23)6;11-10-4-7-1-8(5-10)3-9(2-7)6-10;2*1-10(2,3)9-7-5-4-6-8-9;7-1-2(8)4(10)6(12)5(11)3(1)9;2*1-5-3-4-6(2)7-5;;;/h14-15,29H,6-13H2,1-5H3;7-13,25H,1-6H3;7-9H,1-6H2;2*1,4-8H,2-3H3;;2*3-4H,1-2H3;1H4;;/q;;;;;;2*-1;;;. The number of halogens is 7. The molecule has 2 aromatic heterocycles. The zero-order chi connectivity index (χ0) is 83.8. The molecule has 4 bridgehead atoms. The summed E-state index contributed by atoms with van der Waals surface area (Å²) in [5.74, 6) is -5.18. The summed E-state index contributed by atoms with van der Waals surface area (Å²) in [5, 5.41) is 22.6. The normalized spacial score (nSPS) is 17.0. The van der Waals surface area contributed by atoms with Gasteiger partial charge in [0.2, 0.25) is 0 Å². The molecule has 620 valence electrons. The average Bonchev–Trinajstić information content (AvgIpc) is 0.856. The van der Waals surface area contributed by atoms with Gasteiger partial charge in [-0.05, 0) is 211 Å². The molecule has 0 saturated heterocycles. The summed E-state index contributed by atoms with van der Waals surface area (Å²) in [4.78, 5) is 8.22. The molecular weight excluding hydrogens is 1770 g/mol. The Morgan fingerprint density at radius 3 is 1.22 bits per heavy atom. The van der Waals surface area contributed by atoms with Crippen LogP contribution in [0.3, 0.4) is 0 Å². The zero-order valence-corrected chi connectivity index (χ0v) is 78.8. The molecule has 0 amide bonds. The molecule has 0 radical (unpaired) electrons. The number of para-hydroxylation sites is 1. The number of hydrogen-bond acceptors (Lipinski definition) is 5. The van der Waals surface area contributed by atoms with Crippen LogP contribution in [0, 0.1) is 116 Å². The molecule has 10 aromatic rings. The van der Waals surface area contributed by atoms with Crippen LogP contribution in [0.1, 0.15) is 210 Å². The van der Waals surface area contributed by atoms with Gasteiger partial charge in [-0.2, -0.15) is 22.8 Å². The van der Waals surface area contributed by atoms with Crippen molar-refractivity contribution in [2.75, 3.05) is 0 Å². The molecule has 0 aliphatic heterocycles. The number of aromatic hydroxyl groups is 2. The topological polar surface area (TPSA) is 103 Å². The third-order valence-electron chi connectivity index (χ3n) is 23.6. The molecule has 8 aromatic carbocycles. The molecule has 16 rings (SSSR count). The average molecular weight is 1890 g/mol. The molecule has 0 atom stereocenters. The van der Waals surface area contributed by atoms with Crippen LogP contribution in [-0.4, -0.2) is 32.9 Å². The van der Waals surface area contributed by atoms with E-state index in [0.717, 1.165) is 120 Å². The van der Waals surface area contributed by atoms with Crippen LogP contribution < -0.4 is 14.4 Å². The van der Waals surface area contributed by atoms with E-state index < -0.39 is 66.4 Å². The Bertz CT molecular complexity index is 5020. The minimum atomic E-state index is -2.17. The first-order chi connectivity index (χ1) is 54.2. The fraction of sp³-hybridized carbons (Fsp3) is 0.414. The molecule has 116 heavy (non-hydrogen) atoms. The molecule has 2 N–H and O–H groups in total. The number of fused-ring (bicyclic) bond motifs is 2. The van der Waals surface area contributed by atoms with Crippen molar-refractivity contribution in [1.82, 2.24) is 9.97 Å². The van der Waals surface area contributed by atoms with Gasteiger partial charge in [-0.15, -0.1) is 0 Å². The van der Waals surface area contributed by atoms with E-state index in [-0.39, 0.29) is 35.8 Å². The predicted octanol–water partition coefficient (Wildman–Crippen LogP) is 28.5. The Morgan fingerprint density at radius 2 is 0.836 bits per heavy atom. The number of aryl methyl sites for hydroxylation is 12. The smallest absolute Gasteiger partial charge is 0.131 e. The maximum atomic E-state index is 13.5. The number of benzene rings is 8. The third-order valence-corrected chi connectivity index (χ3v) is 34.5. The second-order valence-electron chi connectivity index (χ2n) is 35.3. The first-order valence-electron chi connectivity index (χ1n) is 40.4. The van der Waals surface area contributed by atoms with E-state index in [4.69, 9.17) is 7.92 Å². The first kappa shape index (κ1) is 93.1. The fourth-order valence-electron chi connectivity index (χ4n) is 17.3. The van der Waals surface area contributed by atoms with E-state index in [1.807, 2.05) is 114 Å². The van der Waals surface area contributed by atoms with Gasteiger partial charge in [-0.25, -0.2) is 0 Å². The van der Waals surface area contributed by atoms with Gasteiger partial charge >= 0.3 is 280 Å². The summed E-state index contributed by atoms with van der Waals surface area (Å²) in [5.41, 5.74) is 24.9. The largest absolute Gasteiger partial charge is 0.665 e. The van der Waals surface area contributed by atoms with E-state index in [9.17, 15) is 32.2 Å². The zero-order valence-electron chi connectivity index (χ0n) is 70.6. The Kier molecular flexibility index (Phi) is 31.8. The minimum absolute atomic E-state index is 0. The Balaban J connectivity index is 0.000000167. The molecule has 7 nitrogen and oxygen atoms in total. The number of aromatic nitrogens is 2. The van der Waals surface area contributed by atoms with Gasteiger partial charge in [0.05, 0.1) is 8.95 Å². The summed E-state index contributed by atoms with van der Waals surface area (Å²) in [6, 6.07) is 47.5. The van der Waals surface area contributed by atoms with Crippen molar-refractivity contribution in [2.45, 2.75) is 250 Å². The van der Waals surface area contributed by atoms with Gasteiger partial charge in [0, 0.05) is 22.3 Å². The fourth-order valence-corrected chi connectivity index (χ4v) is 23.5. The van der Waals surface area contributed by atoms with Crippen LogP contribution in [0.25, 0.3) is 33.4 Å². The Labute approximate surface area is 722 Å². The molecule has 0 spiro atoms. The molecule has 4 fully saturated rings. The van der Waals surface area contributed by atoms with Crippen LogP contribution in [0.15, 0.2) is 155 Å². The summed E-state index contributed by atoms with van der Waals surface area (Å²) in [7, 11) is -2.08. The summed E-state index contributed by atoms with van der Waals surface area (Å²) in [6.07, 6.45) is 17.9. The van der Waals surface area contributed by atoms with Gasteiger partial charge in [-0.3, -0.25) is 0 Å². The van der Waals surface area contributed by atoms with E-state index in [0.29, 0.717) is 17.0 Å².